The molecular weight excluding hydrogens is 216 g/mol. The molecule has 0 fully saturated rings. The van der Waals surface area contributed by atoms with Gasteiger partial charge in [0.05, 0.1) is 5.56 Å². The molecule has 0 spiro atoms. The van der Waals surface area contributed by atoms with Crippen LogP contribution in [-0.4, -0.2) is 40.5 Å². The van der Waals surface area contributed by atoms with Crippen LogP contribution in [0.4, 0.5) is 0 Å². The van der Waals surface area contributed by atoms with Crippen molar-refractivity contribution >= 4 is 24.1 Å². The van der Waals surface area contributed by atoms with E-state index in [0.29, 0.717) is 10.2 Å². The van der Waals surface area contributed by atoms with E-state index >= 15 is 0 Å². The summed E-state index contributed by atoms with van der Waals surface area (Å²) in [6.45, 7) is -0.345. The van der Waals surface area contributed by atoms with Gasteiger partial charge in [-0.2, -0.15) is 0 Å². The van der Waals surface area contributed by atoms with Crippen molar-refractivity contribution in [3.63, 3.8) is 0 Å². The minimum absolute atomic E-state index is 0.302. The molecule has 2 N–H and O–H groups in total. The Morgan fingerprint density at radius 3 is 2.80 bits per heavy atom. The maximum atomic E-state index is 11.7. The van der Waals surface area contributed by atoms with Crippen molar-refractivity contribution in [2.75, 3.05) is 13.6 Å². The maximum absolute atomic E-state index is 11.7. The second-order valence-electron chi connectivity index (χ2n) is 2.97. The molecule has 0 aliphatic rings. The van der Waals surface area contributed by atoms with E-state index < -0.39 is 11.9 Å². The fraction of sp³-hybridized carbons (Fsp3) is 0.222. The van der Waals surface area contributed by atoms with E-state index in [1.165, 1.54) is 7.05 Å². The molecule has 1 rings (SSSR count). The van der Waals surface area contributed by atoms with Crippen LogP contribution >= 0.6 is 12.2 Å². The van der Waals surface area contributed by atoms with Crippen molar-refractivity contribution in [1.82, 2.24) is 9.88 Å². The minimum Gasteiger partial charge on any atom is -0.480 e. The van der Waals surface area contributed by atoms with Gasteiger partial charge in [-0.3, -0.25) is 9.59 Å². The third-order valence-corrected chi connectivity index (χ3v) is 2.11. The normalized spacial score (nSPS) is 9.67. The summed E-state index contributed by atoms with van der Waals surface area (Å²) in [4.78, 5) is 25.9. The van der Waals surface area contributed by atoms with Crippen molar-refractivity contribution in [3.8, 4) is 0 Å². The maximum Gasteiger partial charge on any atom is 0.323 e. The van der Waals surface area contributed by atoms with Crippen LogP contribution in [0.25, 0.3) is 0 Å². The number of pyridine rings is 1. The number of amides is 1. The zero-order chi connectivity index (χ0) is 11.4. The summed E-state index contributed by atoms with van der Waals surface area (Å²) >= 11 is 4.91. The van der Waals surface area contributed by atoms with Crippen molar-refractivity contribution in [2.45, 2.75) is 0 Å². The van der Waals surface area contributed by atoms with Crippen LogP contribution in [0, 0.1) is 4.64 Å². The third-order valence-electron chi connectivity index (χ3n) is 1.77. The number of nitrogens with zero attached hydrogens (tertiary/aromatic N) is 1. The summed E-state index contributed by atoms with van der Waals surface area (Å²) < 4.78 is 0.305. The molecule has 15 heavy (non-hydrogen) atoms. The quantitative estimate of drug-likeness (QED) is 0.751. The van der Waals surface area contributed by atoms with E-state index in [1.807, 2.05) is 0 Å². The van der Waals surface area contributed by atoms with Crippen LogP contribution in [0.15, 0.2) is 18.3 Å². The summed E-state index contributed by atoms with van der Waals surface area (Å²) in [6, 6.07) is 3.19. The average molecular weight is 226 g/mol. The molecule has 80 valence electrons. The lowest BCUT2D eigenvalue weighted by molar-refractivity contribution is -0.137. The predicted octanol–water partition coefficient (Wildman–Crippen LogP) is 0.901. The number of aromatic nitrogens is 1. The molecule has 1 aromatic rings. The number of carboxylic acids is 1. The Labute approximate surface area is 91.3 Å². The topological polar surface area (TPSA) is 73.4 Å². The van der Waals surface area contributed by atoms with Crippen LogP contribution < -0.4 is 0 Å². The van der Waals surface area contributed by atoms with Gasteiger partial charge in [0.1, 0.15) is 11.2 Å². The van der Waals surface area contributed by atoms with Gasteiger partial charge >= 0.3 is 5.97 Å². The van der Waals surface area contributed by atoms with E-state index in [0.717, 1.165) is 4.90 Å². The van der Waals surface area contributed by atoms with Crippen molar-refractivity contribution in [1.29, 1.82) is 0 Å². The largest absolute Gasteiger partial charge is 0.480 e. The number of carboxylic acid groups (broad SMARTS) is 1. The first-order valence-electron chi connectivity index (χ1n) is 4.17. The van der Waals surface area contributed by atoms with E-state index in [2.05, 4.69) is 4.98 Å². The van der Waals surface area contributed by atoms with Crippen LogP contribution in [-0.2, 0) is 4.79 Å². The minimum atomic E-state index is -1.06. The van der Waals surface area contributed by atoms with Gasteiger partial charge in [-0.15, -0.1) is 0 Å². The molecule has 5 nitrogen and oxygen atoms in total. The van der Waals surface area contributed by atoms with Crippen molar-refractivity contribution < 1.29 is 14.7 Å². The van der Waals surface area contributed by atoms with Gasteiger partial charge < -0.3 is 15.0 Å². The highest BCUT2D eigenvalue weighted by molar-refractivity contribution is 7.71. The van der Waals surface area contributed by atoms with E-state index in [1.54, 1.807) is 18.3 Å². The molecule has 0 aliphatic heterocycles. The standard InChI is InChI=1S/C9H10N2O3S/c1-11(5-7(12)13)9(14)6-3-2-4-10-8(6)15/h2-4H,5H2,1H3,(H,10,15)(H,12,13). The SMILES string of the molecule is CN(CC(=O)O)C(=O)c1ccc[nH]c1=S. The van der Waals surface area contributed by atoms with Gasteiger partial charge in [0.2, 0.25) is 0 Å². The predicted molar refractivity (Wildman–Crippen MR) is 56.2 cm³/mol. The lowest BCUT2D eigenvalue weighted by Crippen LogP contribution is -2.32. The molecule has 6 heteroatoms. The Balaban J connectivity index is 2.90. The van der Waals surface area contributed by atoms with Crippen LogP contribution in [0.5, 0.6) is 0 Å². The molecule has 1 aromatic heterocycles. The molecule has 0 saturated carbocycles. The molecule has 1 amide bonds. The van der Waals surface area contributed by atoms with E-state index in [9.17, 15) is 9.59 Å². The number of nitrogens with one attached hydrogen (secondary N) is 1. The number of aliphatic carboxylic acids is 1. The second-order valence-corrected chi connectivity index (χ2v) is 3.38. The highest BCUT2D eigenvalue weighted by Crippen LogP contribution is 2.03. The van der Waals surface area contributed by atoms with Crippen molar-refractivity contribution in [2.24, 2.45) is 0 Å². The first-order chi connectivity index (χ1) is 7.02. The first-order valence-corrected chi connectivity index (χ1v) is 4.58. The number of carbonyl (C=O) groups is 2. The number of rotatable bonds is 3. The molecule has 0 bridgehead atoms. The summed E-state index contributed by atoms with van der Waals surface area (Å²) in [6.07, 6.45) is 1.61. The zero-order valence-electron chi connectivity index (χ0n) is 8.06. The summed E-state index contributed by atoms with van der Waals surface area (Å²) in [5, 5.41) is 8.52. The Kier molecular flexibility index (Phi) is 3.56. The number of carbonyl (C=O) groups excluding carboxylic acids is 1. The monoisotopic (exact) mass is 226 g/mol. The van der Waals surface area contributed by atoms with Crippen LogP contribution in [0.3, 0.4) is 0 Å². The van der Waals surface area contributed by atoms with E-state index in [-0.39, 0.29) is 6.54 Å². The summed E-state index contributed by atoms with van der Waals surface area (Å²) in [5.41, 5.74) is 0.302. The summed E-state index contributed by atoms with van der Waals surface area (Å²) in [5.74, 6) is -1.46. The Morgan fingerprint density at radius 1 is 1.60 bits per heavy atom. The lowest BCUT2D eigenvalue weighted by atomic mass is 10.2. The molecule has 1 heterocycles. The third kappa shape index (κ3) is 2.88. The molecular formula is C9H10N2O3S. The van der Waals surface area contributed by atoms with Gasteiger partial charge in [-0.05, 0) is 12.1 Å². The fourth-order valence-electron chi connectivity index (χ4n) is 1.07. The highest BCUT2D eigenvalue weighted by atomic mass is 32.1. The van der Waals surface area contributed by atoms with Gasteiger partial charge in [0, 0.05) is 13.2 Å². The van der Waals surface area contributed by atoms with Crippen LogP contribution in [0.1, 0.15) is 10.4 Å². The number of H-pyrrole nitrogens is 1. The molecule has 0 atom stereocenters. The highest BCUT2D eigenvalue weighted by Gasteiger charge is 2.15. The number of hydrogen-bond acceptors (Lipinski definition) is 3. The smallest absolute Gasteiger partial charge is 0.323 e. The van der Waals surface area contributed by atoms with Gasteiger partial charge in [-0.25, -0.2) is 0 Å². The van der Waals surface area contributed by atoms with Gasteiger partial charge in [0.15, 0.2) is 0 Å². The number of hydrogen-bond donors (Lipinski definition) is 2. The fourth-order valence-corrected chi connectivity index (χ4v) is 1.29. The van der Waals surface area contributed by atoms with Crippen molar-refractivity contribution in [3.05, 3.63) is 28.5 Å². The van der Waals surface area contributed by atoms with Gasteiger partial charge in [-0.1, -0.05) is 12.2 Å². The van der Waals surface area contributed by atoms with Crippen LogP contribution in [0.2, 0.25) is 0 Å². The molecule has 0 saturated heterocycles. The molecule has 0 unspecified atom stereocenters. The van der Waals surface area contributed by atoms with Gasteiger partial charge in [0.25, 0.3) is 5.91 Å². The Morgan fingerprint density at radius 2 is 2.27 bits per heavy atom. The molecule has 0 aliphatic carbocycles. The first kappa shape index (κ1) is 11.4. The molecule has 0 radical (unpaired) electrons. The second kappa shape index (κ2) is 4.70. The number of aromatic amines is 1. The average Bonchev–Trinajstić information content (AvgIpc) is 2.16. The Bertz CT molecular complexity index is 441. The zero-order valence-corrected chi connectivity index (χ0v) is 8.87. The lowest BCUT2D eigenvalue weighted by Gasteiger charge is -2.14. The molecule has 0 aromatic carbocycles. The van der Waals surface area contributed by atoms with E-state index in [4.69, 9.17) is 17.3 Å². The number of likely N-dealkylation sites (N-methyl/N-ethyl adjacent to an activating group) is 1. The summed E-state index contributed by atoms with van der Waals surface area (Å²) in [7, 11) is 1.41. The Hall–Kier alpha value is -1.69.